The summed E-state index contributed by atoms with van der Waals surface area (Å²) in [5.74, 6) is 0.288. The SMILES string of the molecule is COc1ccc(NC(=O)c2ccnc(C(=O)Nc3cccc(C)c3)c2)c(OC)c1. The molecule has 1 aromatic heterocycles. The van der Waals surface area contributed by atoms with Gasteiger partial charge in [-0.25, -0.2) is 0 Å². The first-order valence-electron chi connectivity index (χ1n) is 8.87. The molecule has 3 rings (SSSR count). The van der Waals surface area contributed by atoms with E-state index in [1.165, 1.54) is 25.4 Å². The van der Waals surface area contributed by atoms with Gasteiger partial charge in [0.2, 0.25) is 0 Å². The summed E-state index contributed by atoms with van der Waals surface area (Å²) in [5.41, 5.74) is 2.61. The first kappa shape index (κ1) is 19.9. The number of carbonyl (C=O) groups excluding carboxylic acids is 2. The highest BCUT2D eigenvalue weighted by Crippen LogP contribution is 2.29. The van der Waals surface area contributed by atoms with E-state index >= 15 is 0 Å². The summed E-state index contributed by atoms with van der Waals surface area (Å²) in [6.07, 6.45) is 1.42. The highest BCUT2D eigenvalue weighted by atomic mass is 16.5. The quantitative estimate of drug-likeness (QED) is 0.665. The van der Waals surface area contributed by atoms with Crippen molar-refractivity contribution in [2.45, 2.75) is 6.92 Å². The number of nitrogens with one attached hydrogen (secondary N) is 2. The molecule has 0 fully saturated rings. The number of ether oxygens (including phenoxy) is 2. The summed E-state index contributed by atoms with van der Waals surface area (Å²) in [4.78, 5) is 29.2. The van der Waals surface area contributed by atoms with E-state index in [4.69, 9.17) is 9.47 Å². The standard InChI is InChI=1S/C22H21N3O4/c1-14-5-4-6-16(11-14)24-22(27)19-12-15(9-10-23-19)21(26)25-18-8-7-17(28-2)13-20(18)29-3/h4-13H,1-3H3,(H,24,27)(H,25,26). The number of benzene rings is 2. The van der Waals surface area contributed by atoms with E-state index in [1.807, 2.05) is 25.1 Å². The zero-order valence-corrected chi connectivity index (χ0v) is 16.4. The Balaban J connectivity index is 1.76. The second kappa shape index (κ2) is 8.88. The molecule has 0 atom stereocenters. The van der Waals surface area contributed by atoms with Crippen molar-refractivity contribution in [3.63, 3.8) is 0 Å². The van der Waals surface area contributed by atoms with Crippen molar-refractivity contribution in [3.05, 3.63) is 77.6 Å². The van der Waals surface area contributed by atoms with Crippen molar-refractivity contribution in [3.8, 4) is 11.5 Å². The van der Waals surface area contributed by atoms with Crippen molar-refractivity contribution in [1.29, 1.82) is 0 Å². The van der Waals surface area contributed by atoms with Crippen LogP contribution in [-0.2, 0) is 0 Å². The molecule has 0 radical (unpaired) electrons. The number of hydrogen-bond donors (Lipinski definition) is 2. The molecule has 29 heavy (non-hydrogen) atoms. The number of pyridine rings is 1. The number of nitrogens with zero attached hydrogens (tertiary/aromatic N) is 1. The zero-order valence-electron chi connectivity index (χ0n) is 16.4. The van der Waals surface area contributed by atoms with Crippen LogP contribution in [-0.4, -0.2) is 31.0 Å². The summed E-state index contributed by atoms with van der Waals surface area (Å²) in [5, 5.41) is 5.55. The van der Waals surface area contributed by atoms with Crippen LogP contribution >= 0.6 is 0 Å². The van der Waals surface area contributed by atoms with Gasteiger partial charge in [0, 0.05) is 23.5 Å². The van der Waals surface area contributed by atoms with Crippen molar-refractivity contribution in [2.24, 2.45) is 0 Å². The monoisotopic (exact) mass is 391 g/mol. The van der Waals surface area contributed by atoms with Crippen LogP contribution in [0.3, 0.4) is 0 Å². The fourth-order valence-electron chi connectivity index (χ4n) is 2.71. The Kier molecular flexibility index (Phi) is 6.09. The lowest BCUT2D eigenvalue weighted by Crippen LogP contribution is -2.17. The molecule has 0 spiro atoms. The summed E-state index contributed by atoms with van der Waals surface area (Å²) >= 11 is 0. The second-order valence-electron chi connectivity index (χ2n) is 6.27. The molecule has 0 bridgehead atoms. The number of aryl methyl sites for hydroxylation is 1. The molecule has 0 saturated carbocycles. The highest BCUT2D eigenvalue weighted by molar-refractivity contribution is 6.08. The molecule has 0 aliphatic carbocycles. The number of aromatic nitrogens is 1. The average molecular weight is 391 g/mol. The Labute approximate surface area is 168 Å². The predicted molar refractivity (Wildman–Crippen MR) is 111 cm³/mol. The normalized spacial score (nSPS) is 10.2. The molecule has 0 aliphatic heterocycles. The number of carbonyl (C=O) groups is 2. The summed E-state index contributed by atoms with van der Waals surface area (Å²) < 4.78 is 10.4. The lowest BCUT2D eigenvalue weighted by atomic mass is 10.2. The smallest absolute Gasteiger partial charge is 0.274 e. The minimum Gasteiger partial charge on any atom is -0.497 e. The van der Waals surface area contributed by atoms with E-state index in [-0.39, 0.29) is 11.6 Å². The van der Waals surface area contributed by atoms with E-state index in [0.29, 0.717) is 28.4 Å². The lowest BCUT2D eigenvalue weighted by molar-refractivity contribution is 0.102. The van der Waals surface area contributed by atoms with Gasteiger partial charge in [-0.3, -0.25) is 14.6 Å². The van der Waals surface area contributed by atoms with Gasteiger partial charge in [-0.1, -0.05) is 12.1 Å². The Hall–Kier alpha value is -3.87. The number of rotatable bonds is 6. The van der Waals surface area contributed by atoms with Gasteiger partial charge in [0.25, 0.3) is 11.8 Å². The predicted octanol–water partition coefficient (Wildman–Crippen LogP) is 3.91. The fraction of sp³-hybridized carbons (Fsp3) is 0.136. The van der Waals surface area contributed by atoms with Crippen molar-refractivity contribution >= 4 is 23.2 Å². The minimum atomic E-state index is -0.396. The van der Waals surface area contributed by atoms with Crippen LogP contribution in [0.1, 0.15) is 26.4 Å². The van der Waals surface area contributed by atoms with Crippen molar-refractivity contribution in [1.82, 2.24) is 4.98 Å². The fourth-order valence-corrected chi connectivity index (χ4v) is 2.71. The molecular formula is C22H21N3O4. The molecule has 7 heteroatoms. The number of methoxy groups -OCH3 is 2. The number of amides is 2. The molecule has 0 aliphatic rings. The maximum atomic E-state index is 12.7. The van der Waals surface area contributed by atoms with E-state index in [0.717, 1.165) is 5.56 Å². The van der Waals surface area contributed by atoms with Crippen LogP contribution in [0.15, 0.2) is 60.8 Å². The maximum Gasteiger partial charge on any atom is 0.274 e. The molecule has 0 saturated heterocycles. The number of hydrogen-bond acceptors (Lipinski definition) is 5. The Bertz CT molecular complexity index is 1050. The molecule has 2 amide bonds. The third kappa shape index (κ3) is 4.90. The first-order valence-corrected chi connectivity index (χ1v) is 8.87. The lowest BCUT2D eigenvalue weighted by Gasteiger charge is -2.12. The molecule has 148 valence electrons. The molecule has 7 nitrogen and oxygen atoms in total. The van der Waals surface area contributed by atoms with E-state index in [1.54, 1.807) is 31.4 Å². The van der Waals surface area contributed by atoms with Crippen LogP contribution < -0.4 is 20.1 Å². The third-order valence-corrected chi connectivity index (χ3v) is 4.19. The van der Waals surface area contributed by atoms with Gasteiger partial charge < -0.3 is 20.1 Å². The topological polar surface area (TPSA) is 89.5 Å². The van der Waals surface area contributed by atoms with E-state index in [9.17, 15) is 9.59 Å². The van der Waals surface area contributed by atoms with Gasteiger partial charge in [-0.2, -0.15) is 0 Å². The average Bonchev–Trinajstić information content (AvgIpc) is 2.74. The third-order valence-electron chi connectivity index (χ3n) is 4.19. The van der Waals surface area contributed by atoms with Gasteiger partial charge in [0.15, 0.2) is 0 Å². The van der Waals surface area contributed by atoms with Crippen LogP contribution in [0.2, 0.25) is 0 Å². The Morgan fingerprint density at radius 1 is 0.897 bits per heavy atom. The zero-order chi connectivity index (χ0) is 20.8. The molecule has 0 unspecified atom stereocenters. The second-order valence-corrected chi connectivity index (χ2v) is 6.27. The Morgan fingerprint density at radius 2 is 1.72 bits per heavy atom. The van der Waals surface area contributed by atoms with E-state index < -0.39 is 5.91 Å². The van der Waals surface area contributed by atoms with Gasteiger partial charge in [0.1, 0.15) is 17.2 Å². The molecule has 2 N–H and O–H groups in total. The highest BCUT2D eigenvalue weighted by Gasteiger charge is 2.14. The molecule has 1 heterocycles. The summed E-state index contributed by atoms with van der Waals surface area (Å²) in [7, 11) is 3.05. The van der Waals surface area contributed by atoms with Crippen molar-refractivity contribution < 1.29 is 19.1 Å². The van der Waals surface area contributed by atoms with Gasteiger partial charge in [-0.05, 0) is 48.9 Å². The molecular weight excluding hydrogens is 370 g/mol. The van der Waals surface area contributed by atoms with Gasteiger partial charge >= 0.3 is 0 Å². The first-order chi connectivity index (χ1) is 14.0. The Morgan fingerprint density at radius 3 is 2.45 bits per heavy atom. The van der Waals surface area contributed by atoms with Crippen LogP contribution in [0.25, 0.3) is 0 Å². The largest absolute Gasteiger partial charge is 0.497 e. The van der Waals surface area contributed by atoms with Crippen molar-refractivity contribution in [2.75, 3.05) is 24.9 Å². The number of anilines is 2. The summed E-state index contributed by atoms with van der Waals surface area (Å²) in [6.45, 7) is 1.94. The van der Waals surface area contributed by atoms with Gasteiger partial charge in [0.05, 0.1) is 19.9 Å². The van der Waals surface area contributed by atoms with Crippen LogP contribution in [0.5, 0.6) is 11.5 Å². The van der Waals surface area contributed by atoms with Gasteiger partial charge in [-0.15, -0.1) is 0 Å². The van der Waals surface area contributed by atoms with E-state index in [2.05, 4.69) is 15.6 Å². The summed E-state index contributed by atoms with van der Waals surface area (Å²) in [6, 6.07) is 15.5. The minimum absolute atomic E-state index is 0.140. The van der Waals surface area contributed by atoms with Crippen LogP contribution in [0, 0.1) is 6.92 Å². The molecule has 2 aromatic carbocycles. The molecule has 3 aromatic rings. The van der Waals surface area contributed by atoms with Crippen LogP contribution in [0.4, 0.5) is 11.4 Å². The maximum absolute atomic E-state index is 12.7.